The van der Waals surface area contributed by atoms with E-state index in [0.717, 1.165) is 16.7 Å². The van der Waals surface area contributed by atoms with Crippen molar-refractivity contribution in [1.82, 2.24) is 0 Å². The fourth-order valence-electron chi connectivity index (χ4n) is 3.79. The lowest BCUT2D eigenvalue weighted by Gasteiger charge is -2.26. The third kappa shape index (κ3) is 2.71. The van der Waals surface area contributed by atoms with Gasteiger partial charge >= 0.3 is 5.97 Å². The van der Waals surface area contributed by atoms with Gasteiger partial charge in [0.15, 0.2) is 0 Å². The van der Waals surface area contributed by atoms with Crippen LogP contribution < -0.4 is 0 Å². The van der Waals surface area contributed by atoms with Crippen LogP contribution in [0.25, 0.3) is 0 Å². The highest BCUT2D eigenvalue weighted by Gasteiger charge is 2.53. The molecule has 1 aliphatic heterocycles. The summed E-state index contributed by atoms with van der Waals surface area (Å²) in [5, 5.41) is 10.8. The molecule has 0 saturated carbocycles. The van der Waals surface area contributed by atoms with Gasteiger partial charge in [0.1, 0.15) is 17.6 Å². The van der Waals surface area contributed by atoms with E-state index in [4.69, 9.17) is 4.74 Å². The molecule has 2 unspecified atom stereocenters. The molecule has 130 valence electrons. The minimum Gasteiger partial charge on any atom is -0.458 e. The molecule has 0 bridgehead atoms. The van der Waals surface area contributed by atoms with Crippen molar-refractivity contribution in [3.8, 4) is 0 Å². The molecule has 1 saturated heterocycles. The molecule has 0 aliphatic carbocycles. The highest BCUT2D eigenvalue weighted by Crippen LogP contribution is 2.46. The van der Waals surface area contributed by atoms with Gasteiger partial charge in [0.2, 0.25) is 0 Å². The molecule has 3 aromatic carbocycles. The van der Waals surface area contributed by atoms with E-state index < -0.39 is 17.6 Å². The van der Waals surface area contributed by atoms with E-state index in [1.54, 1.807) is 0 Å². The lowest BCUT2D eigenvalue weighted by molar-refractivity contribution is -0.148. The summed E-state index contributed by atoms with van der Waals surface area (Å²) in [5.74, 6) is -0.310. The zero-order valence-electron chi connectivity index (χ0n) is 14.3. The molecule has 0 spiro atoms. The maximum absolute atomic E-state index is 13.1. The van der Waals surface area contributed by atoms with Gasteiger partial charge in [-0.15, -0.1) is 0 Å². The molecule has 1 aliphatic rings. The molecular weight excluding hydrogens is 324 g/mol. The Bertz CT molecular complexity index is 836. The first-order valence-electron chi connectivity index (χ1n) is 8.77. The molecule has 26 heavy (non-hydrogen) atoms. The van der Waals surface area contributed by atoms with Crippen LogP contribution in [0.2, 0.25) is 0 Å². The number of ether oxygens (including phenoxy) is 1. The van der Waals surface area contributed by atoms with E-state index in [-0.39, 0.29) is 5.97 Å². The number of carbonyl (C=O) groups excluding carboxylic acids is 1. The van der Waals surface area contributed by atoms with Crippen LogP contribution in [0.1, 0.15) is 29.2 Å². The maximum atomic E-state index is 13.1. The second kappa shape index (κ2) is 6.77. The zero-order chi connectivity index (χ0) is 18.0. The Hall–Kier alpha value is -2.91. The van der Waals surface area contributed by atoms with Gasteiger partial charge in [0.05, 0.1) is 0 Å². The Morgan fingerprint density at radius 2 is 1.27 bits per heavy atom. The second-order valence-electron chi connectivity index (χ2n) is 6.64. The van der Waals surface area contributed by atoms with Gasteiger partial charge in [-0.2, -0.15) is 0 Å². The number of aliphatic hydroxyl groups excluding tert-OH is 1. The van der Waals surface area contributed by atoms with Gasteiger partial charge in [0, 0.05) is 6.42 Å². The Balaban J connectivity index is 1.77. The minimum absolute atomic E-state index is 0.310. The van der Waals surface area contributed by atoms with Crippen molar-refractivity contribution in [1.29, 1.82) is 0 Å². The molecule has 1 N–H and O–H groups in total. The third-order valence-corrected chi connectivity index (χ3v) is 5.14. The summed E-state index contributed by atoms with van der Waals surface area (Å²) in [6.45, 7) is 0. The molecule has 0 aromatic heterocycles. The summed E-state index contributed by atoms with van der Waals surface area (Å²) in [4.78, 5) is 13.1. The molecule has 2 atom stereocenters. The molecule has 3 aromatic rings. The average Bonchev–Trinajstić information content (AvgIpc) is 3.07. The number of carbonyl (C=O) groups is 1. The normalized spacial score (nSPS) is 19.7. The molecular formula is C23H20O3. The lowest BCUT2D eigenvalue weighted by Crippen LogP contribution is -2.33. The fraction of sp³-hybridized carbons (Fsp3) is 0.174. The van der Waals surface area contributed by atoms with Gasteiger partial charge in [-0.3, -0.25) is 4.79 Å². The van der Waals surface area contributed by atoms with Crippen molar-refractivity contribution in [3.63, 3.8) is 0 Å². The van der Waals surface area contributed by atoms with Crippen molar-refractivity contribution in [2.75, 3.05) is 0 Å². The van der Waals surface area contributed by atoms with E-state index in [1.165, 1.54) is 0 Å². The Kier molecular flexibility index (Phi) is 4.31. The quantitative estimate of drug-likeness (QED) is 0.727. The van der Waals surface area contributed by atoms with Crippen LogP contribution in [0.4, 0.5) is 0 Å². The third-order valence-electron chi connectivity index (χ3n) is 5.14. The van der Waals surface area contributed by atoms with E-state index in [0.29, 0.717) is 6.42 Å². The molecule has 1 heterocycles. The van der Waals surface area contributed by atoms with Crippen LogP contribution in [0, 0.1) is 0 Å². The lowest BCUT2D eigenvalue weighted by atomic mass is 9.72. The molecule has 0 radical (unpaired) electrons. The maximum Gasteiger partial charge on any atom is 0.321 e. The fourth-order valence-corrected chi connectivity index (χ4v) is 3.79. The van der Waals surface area contributed by atoms with Crippen molar-refractivity contribution >= 4 is 5.97 Å². The Morgan fingerprint density at radius 3 is 1.77 bits per heavy atom. The van der Waals surface area contributed by atoms with Gasteiger partial charge in [0.25, 0.3) is 0 Å². The predicted molar refractivity (Wildman–Crippen MR) is 99.6 cm³/mol. The number of hydrogen-bond donors (Lipinski definition) is 1. The number of hydrogen-bond acceptors (Lipinski definition) is 3. The van der Waals surface area contributed by atoms with Crippen molar-refractivity contribution in [2.24, 2.45) is 0 Å². The molecule has 3 heteroatoms. The number of benzene rings is 3. The standard InChI is InChI=1S/C23H20O3/c24-21(17-10-4-1-5-11-17)20-16-23(22(25)26-20,18-12-6-2-7-13-18)19-14-8-3-9-15-19/h1-15,20-21,24H,16H2. The second-order valence-corrected chi connectivity index (χ2v) is 6.64. The molecule has 0 amide bonds. The number of esters is 1. The van der Waals surface area contributed by atoms with E-state index in [9.17, 15) is 9.90 Å². The monoisotopic (exact) mass is 344 g/mol. The first-order valence-corrected chi connectivity index (χ1v) is 8.77. The summed E-state index contributed by atoms with van der Waals surface area (Å²) in [6.07, 6.45) is -1.05. The number of rotatable bonds is 4. The molecule has 1 fully saturated rings. The summed E-state index contributed by atoms with van der Waals surface area (Å²) in [6, 6.07) is 28.7. The van der Waals surface area contributed by atoms with Crippen LogP contribution in [0.3, 0.4) is 0 Å². The van der Waals surface area contributed by atoms with Gasteiger partial charge in [-0.1, -0.05) is 91.0 Å². The van der Waals surface area contributed by atoms with Crippen molar-refractivity contribution < 1.29 is 14.6 Å². The van der Waals surface area contributed by atoms with Crippen LogP contribution in [-0.2, 0) is 14.9 Å². The van der Waals surface area contributed by atoms with Crippen LogP contribution in [-0.4, -0.2) is 17.2 Å². The van der Waals surface area contributed by atoms with Crippen molar-refractivity contribution in [2.45, 2.75) is 24.0 Å². The van der Waals surface area contributed by atoms with Gasteiger partial charge in [-0.25, -0.2) is 0 Å². The first-order chi connectivity index (χ1) is 12.7. The average molecular weight is 344 g/mol. The van der Waals surface area contributed by atoms with Gasteiger partial charge in [-0.05, 0) is 16.7 Å². The molecule has 4 rings (SSSR count). The van der Waals surface area contributed by atoms with E-state index in [2.05, 4.69) is 0 Å². The van der Waals surface area contributed by atoms with E-state index in [1.807, 2.05) is 91.0 Å². The summed E-state index contributed by atoms with van der Waals surface area (Å²) >= 11 is 0. The first kappa shape index (κ1) is 16.6. The summed E-state index contributed by atoms with van der Waals surface area (Å²) in [7, 11) is 0. The summed E-state index contributed by atoms with van der Waals surface area (Å²) < 4.78 is 5.71. The van der Waals surface area contributed by atoms with Crippen LogP contribution in [0.15, 0.2) is 91.0 Å². The summed E-state index contributed by atoms with van der Waals surface area (Å²) in [5.41, 5.74) is 1.63. The number of aliphatic hydroxyl groups is 1. The van der Waals surface area contributed by atoms with Crippen LogP contribution in [0.5, 0.6) is 0 Å². The van der Waals surface area contributed by atoms with Crippen LogP contribution >= 0.6 is 0 Å². The van der Waals surface area contributed by atoms with Crippen molar-refractivity contribution in [3.05, 3.63) is 108 Å². The number of cyclic esters (lactones) is 1. The van der Waals surface area contributed by atoms with E-state index >= 15 is 0 Å². The molecule has 3 nitrogen and oxygen atoms in total. The predicted octanol–water partition coefficient (Wildman–Crippen LogP) is 4.02. The van der Waals surface area contributed by atoms with Gasteiger partial charge < -0.3 is 9.84 Å². The smallest absolute Gasteiger partial charge is 0.321 e. The Morgan fingerprint density at radius 1 is 0.808 bits per heavy atom. The SMILES string of the molecule is O=C1OC(C(O)c2ccccc2)CC1(c1ccccc1)c1ccccc1. The zero-order valence-corrected chi connectivity index (χ0v) is 14.3. The Labute approximate surface area is 152 Å². The highest BCUT2D eigenvalue weighted by molar-refractivity contribution is 5.89. The minimum atomic E-state index is -0.900. The highest BCUT2D eigenvalue weighted by atomic mass is 16.6. The largest absolute Gasteiger partial charge is 0.458 e. The topological polar surface area (TPSA) is 46.5 Å².